The quantitative estimate of drug-likeness (QED) is 0.484. The Balaban J connectivity index is 2.12. The second-order valence-electron chi connectivity index (χ2n) is 5.33. The molecule has 1 aromatic carbocycles. The van der Waals surface area contributed by atoms with Crippen molar-refractivity contribution < 1.29 is 13.2 Å². The molecule has 0 nitrogen and oxygen atoms in total. The Labute approximate surface area is 128 Å². The Morgan fingerprint density at radius 1 is 1.19 bits per heavy atom. The summed E-state index contributed by atoms with van der Waals surface area (Å²) >= 11 is 6.05. The summed E-state index contributed by atoms with van der Waals surface area (Å²) in [5.41, 5.74) is 1.30. The van der Waals surface area contributed by atoms with E-state index >= 15 is 0 Å². The molecule has 0 aromatic heterocycles. The van der Waals surface area contributed by atoms with Crippen molar-refractivity contribution in [3.63, 3.8) is 0 Å². The molecule has 0 heterocycles. The van der Waals surface area contributed by atoms with E-state index in [2.05, 4.69) is 12.5 Å². The lowest BCUT2D eigenvalue weighted by atomic mass is 9.79. The largest absolute Gasteiger partial charge is 0.458 e. The molecule has 0 atom stereocenters. The summed E-state index contributed by atoms with van der Waals surface area (Å²) in [6, 6.07) is 5.17. The molecule has 0 unspecified atom stereocenters. The van der Waals surface area contributed by atoms with Crippen LogP contribution in [0, 0.1) is 17.8 Å². The van der Waals surface area contributed by atoms with E-state index in [0.29, 0.717) is 11.8 Å². The fourth-order valence-electron chi connectivity index (χ4n) is 2.71. The van der Waals surface area contributed by atoms with E-state index in [1.807, 2.05) is 12.1 Å². The Hall–Kier alpha value is -1.40. The molecular weight excluding hydrogens is 297 g/mol. The maximum atomic E-state index is 12.1. The van der Waals surface area contributed by atoms with Crippen molar-refractivity contribution in [2.75, 3.05) is 0 Å². The van der Waals surface area contributed by atoms with Crippen molar-refractivity contribution in [2.24, 2.45) is 5.92 Å². The van der Waals surface area contributed by atoms with E-state index in [1.165, 1.54) is 5.92 Å². The van der Waals surface area contributed by atoms with Gasteiger partial charge in [-0.2, -0.15) is 13.2 Å². The standard InChI is InChI=1S/C17H16ClF3/c1-2-12-3-5-13(6-4-12)15-8-7-14(16(18)11-15)9-10-17(19,20)21/h2,7-8,11-13H,1,3-6H2. The maximum absolute atomic E-state index is 12.1. The molecule has 1 aliphatic carbocycles. The number of hydrogen-bond donors (Lipinski definition) is 0. The van der Waals surface area contributed by atoms with Gasteiger partial charge in [0.1, 0.15) is 0 Å². The van der Waals surface area contributed by atoms with Gasteiger partial charge in [0.2, 0.25) is 0 Å². The topological polar surface area (TPSA) is 0 Å². The third kappa shape index (κ3) is 4.54. The highest BCUT2D eigenvalue weighted by Crippen LogP contribution is 2.37. The third-order valence-electron chi connectivity index (χ3n) is 3.91. The lowest BCUT2D eigenvalue weighted by molar-refractivity contribution is -0.0696. The van der Waals surface area contributed by atoms with E-state index in [4.69, 9.17) is 11.6 Å². The van der Waals surface area contributed by atoms with Gasteiger partial charge in [0.25, 0.3) is 0 Å². The number of allylic oxidation sites excluding steroid dienone is 1. The van der Waals surface area contributed by atoms with Crippen molar-refractivity contribution >= 4 is 11.6 Å². The Morgan fingerprint density at radius 3 is 2.38 bits per heavy atom. The minimum Gasteiger partial charge on any atom is -0.159 e. The van der Waals surface area contributed by atoms with Crippen LogP contribution in [-0.4, -0.2) is 6.18 Å². The van der Waals surface area contributed by atoms with Gasteiger partial charge in [-0.15, -0.1) is 6.58 Å². The maximum Gasteiger partial charge on any atom is 0.458 e. The van der Waals surface area contributed by atoms with Gasteiger partial charge in [0, 0.05) is 11.5 Å². The lowest BCUT2D eigenvalue weighted by Crippen LogP contribution is -2.11. The summed E-state index contributed by atoms with van der Waals surface area (Å²) in [6.45, 7) is 3.82. The van der Waals surface area contributed by atoms with Gasteiger partial charge in [-0.1, -0.05) is 29.7 Å². The Morgan fingerprint density at radius 2 is 1.86 bits per heavy atom. The van der Waals surface area contributed by atoms with E-state index < -0.39 is 6.18 Å². The van der Waals surface area contributed by atoms with Crippen LogP contribution in [0.15, 0.2) is 30.9 Å². The van der Waals surface area contributed by atoms with Crippen LogP contribution in [0.4, 0.5) is 13.2 Å². The second kappa shape index (κ2) is 6.58. The molecule has 0 aliphatic heterocycles. The summed E-state index contributed by atoms with van der Waals surface area (Å²) < 4.78 is 36.3. The van der Waals surface area contributed by atoms with Gasteiger partial charge >= 0.3 is 6.18 Å². The van der Waals surface area contributed by atoms with E-state index in [0.717, 1.165) is 31.2 Å². The first-order chi connectivity index (χ1) is 9.89. The van der Waals surface area contributed by atoms with Crippen LogP contribution in [0.25, 0.3) is 0 Å². The summed E-state index contributed by atoms with van der Waals surface area (Å²) in [7, 11) is 0. The van der Waals surface area contributed by atoms with Crippen molar-refractivity contribution in [1.29, 1.82) is 0 Å². The van der Waals surface area contributed by atoms with E-state index in [9.17, 15) is 13.2 Å². The predicted octanol–water partition coefficient (Wildman–Crippen LogP) is 5.71. The highest BCUT2D eigenvalue weighted by Gasteiger charge is 2.23. The SMILES string of the molecule is C=CC1CCC(c2ccc(C#CC(F)(F)F)c(Cl)c2)CC1. The van der Waals surface area contributed by atoms with Crippen LogP contribution >= 0.6 is 11.6 Å². The summed E-state index contributed by atoms with van der Waals surface area (Å²) in [4.78, 5) is 0. The zero-order valence-corrected chi connectivity index (χ0v) is 12.3. The van der Waals surface area contributed by atoms with E-state index in [-0.39, 0.29) is 10.6 Å². The first-order valence-corrected chi connectivity index (χ1v) is 7.29. The third-order valence-corrected chi connectivity index (χ3v) is 4.22. The molecule has 112 valence electrons. The molecule has 0 bridgehead atoms. The molecule has 1 fully saturated rings. The molecule has 0 N–H and O–H groups in total. The average Bonchev–Trinajstić information content (AvgIpc) is 2.45. The fourth-order valence-corrected chi connectivity index (χ4v) is 2.95. The van der Waals surface area contributed by atoms with Gasteiger partial charge in [-0.3, -0.25) is 0 Å². The average molecular weight is 313 g/mol. The minimum atomic E-state index is -4.49. The summed E-state index contributed by atoms with van der Waals surface area (Å²) in [5.74, 6) is 4.32. The highest BCUT2D eigenvalue weighted by molar-refractivity contribution is 6.31. The van der Waals surface area contributed by atoms with Crippen LogP contribution in [0.2, 0.25) is 5.02 Å². The monoisotopic (exact) mass is 312 g/mol. The Bertz CT molecular complexity index is 570. The smallest absolute Gasteiger partial charge is 0.159 e. The first kappa shape index (κ1) is 16.0. The predicted molar refractivity (Wildman–Crippen MR) is 79.3 cm³/mol. The molecule has 0 amide bonds. The molecule has 21 heavy (non-hydrogen) atoms. The van der Waals surface area contributed by atoms with Gasteiger partial charge in [0.05, 0.1) is 5.02 Å². The summed E-state index contributed by atoms with van der Waals surface area (Å²) in [6.07, 6.45) is 1.81. The molecule has 2 rings (SSSR count). The zero-order valence-electron chi connectivity index (χ0n) is 11.5. The van der Waals surface area contributed by atoms with Crippen molar-refractivity contribution in [3.8, 4) is 11.8 Å². The molecule has 0 spiro atoms. The fraction of sp³-hybridized carbons (Fsp3) is 0.412. The Kier molecular flexibility index (Phi) is 5.00. The molecule has 1 saturated carbocycles. The van der Waals surface area contributed by atoms with Crippen molar-refractivity contribution in [2.45, 2.75) is 37.8 Å². The molecule has 0 radical (unpaired) electrons. The van der Waals surface area contributed by atoms with Crippen LogP contribution in [0.5, 0.6) is 0 Å². The normalized spacial score (nSPS) is 22.3. The molecule has 1 aliphatic rings. The second-order valence-corrected chi connectivity index (χ2v) is 5.74. The lowest BCUT2D eigenvalue weighted by Gasteiger charge is -2.27. The number of benzene rings is 1. The number of rotatable bonds is 2. The van der Waals surface area contributed by atoms with Crippen LogP contribution in [0.3, 0.4) is 0 Å². The van der Waals surface area contributed by atoms with E-state index in [1.54, 1.807) is 12.1 Å². The van der Waals surface area contributed by atoms with Gasteiger partial charge in [0.15, 0.2) is 0 Å². The number of hydrogen-bond acceptors (Lipinski definition) is 0. The van der Waals surface area contributed by atoms with Crippen LogP contribution in [0.1, 0.15) is 42.7 Å². The van der Waals surface area contributed by atoms with Gasteiger partial charge < -0.3 is 0 Å². The first-order valence-electron chi connectivity index (χ1n) is 6.91. The number of alkyl halides is 3. The molecule has 4 heteroatoms. The van der Waals surface area contributed by atoms with Crippen LogP contribution in [-0.2, 0) is 0 Å². The van der Waals surface area contributed by atoms with Crippen molar-refractivity contribution in [1.82, 2.24) is 0 Å². The molecule has 1 aromatic rings. The number of halogens is 4. The summed E-state index contributed by atoms with van der Waals surface area (Å²) in [5, 5.41) is 0.287. The highest BCUT2D eigenvalue weighted by atomic mass is 35.5. The van der Waals surface area contributed by atoms with Crippen LogP contribution < -0.4 is 0 Å². The minimum absolute atomic E-state index is 0.220. The van der Waals surface area contributed by atoms with Crippen molar-refractivity contribution in [3.05, 3.63) is 47.0 Å². The molecule has 0 saturated heterocycles. The van der Waals surface area contributed by atoms with Gasteiger partial charge in [-0.25, -0.2) is 0 Å². The van der Waals surface area contributed by atoms with Gasteiger partial charge in [-0.05, 0) is 55.2 Å². The molecular formula is C17H16ClF3. The zero-order chi connectivity index (χ0) is 15.5.